The van der Waals surface area contributed by atoms with E-state index < -0.39 is 5.91 Å². The number of carbonyl (C=O) groups excluding carboxylic acids is 1. The summed E-state index contributed by atoms with van der Waals surface area (Å²) in [5, 5.41) is 8.82. The molecular formula is C14H14N2O3. The van der Waals surface area contributed by atoms with Gasteiger partial charge in [-0.15, -0.1) is 0 Å². The Morgan fingerprint density at radius 3 is 2.58 bits per heavy atom. The van der Waals surface area contributed by atoms with Crippen LogP contribution in [-0.2, 0) is 6.42 Å². The van der Waals surface area contributed by atoms with Gasteiger partial charge in [0.1, 0.15) is 11.4 Å². The van der Waals surface area contributed by atoms with Crippen LogP contribution in [0.4, 0.5) is 0 Å². The number of carbonyl (C=O) groups is 1. The first kappa shape index (κ1) is 13.0. The largest absolute Gasteiger partial charge is 0.439 e. The summed E-state index contributed by atoms with van der Waals surface area (Å²) in [5.41, 5.74) is 6.33. The van der Waals surface area contributed by atoms with Crippen molar-refractivity contribution in [3.8, 4) is 11.6 Å². The van der Waals surface area contributed by atoms with Crippen LogP contribution in [0.1, 0.15) is 16.1 Å². The van der Waals surface area contributed by atoms with Crippen LogP contribution in [0, 0.1) is 0 Å². The fourth-order valence-electron chi connectivity index (χ4n) is 1.58. The summed E-state index contributed by atoms with van der Waals surface area (Å²) in [6, 6.07) is 12.1. The minimum absolute atomic E-state index is 0.114. The Morgan fingerprint density at radius 1 is 1.21 bits per heavy atom. The van der Waals surface area contributed by atoms with Gasteiger partial charge in [-0.05, 0) is 30.2 Å². The summed E-state index contributed by atoms with van der Waals surface area (Å²) in [5.74, 6) is 0.325. The molecule has 1 heterocycles. The molecule has 2 rings (SSSR count). The van der Waals surface area contributed by atoms with Crippen molar-refractivity contribution in [2.24, 2.45) is 5.73 Å². The van der Waals surface area contributed by atoms with Gasteiger partial charge in [-0.3, -0.25) is 4.79 Å². The number of nitrogens with two attached hydrogens (primary N) is 1. The van der Waals surface area contributed by atoms with Crippen molar-refractivity contribution in [2.75, 3.05) is 6.61 Å². The molecule has 0 fully saturated rings. The van der Waals surface area contributed by atoms with Crippen LogP contribution in [0.25, 0.3) is 0 Å². The zero-order chi connectivity index (χ0) is 13.7. The van der Waals surface area contributed by atoms with Gasteiger partial charge in [0.2, 0.25) is 5.88 Å². The topological polar surface area (TPSA) is 85.4 Å². The van der Waals surface area contributed by atoms with Crippen molar-refractivity contribution < 1.29 is 14.6 Å². The molecular weight excluding hydrogens is 244 g/mol. The Hall–Kier alpha value is -2.40. The number of nitrogens with zero attached hydrogens (tertiary/aromatic N) is 1. The Morgan fingerprint density at radius 2 is 1.95 bits per heavy atom. The van der Waals surface area contributed by atoms with Crippen LogP contribution in [0.15, 0.2) is 42.5 Å². The van der Waals surface area contributed by atoms with E-state index in [9.17, 15) is 4.79 Å². The molecule has 0 atom stereocenters. The normalized spacial score (nSPS) is 10.2. The zero-order valence-electron chi connectivity index (χ0n) is 10.2. The molecule has 0 radical (unpaired) electrons. The summed E-state index contributed by atoms with van der Waals surface area (Å²) in [6.45, 7) is 0.114. The van der Waals surface area contributed by atoms with Crippen LogP contribution in [0.5, 0.6) is 11.6 Å². The summed E-state index contributed by atoms with van der Waals surface area (Å²) < 4.78 is 5.52. The van der Waals surface area contributed by atoms with Gasteiger partial charge in [0.05, 0.1) is 0 Å². The van der Waals surface area contributed by atoms with Gasteiger partial charge in [0.25, 0.3) is 5.91 Å². The number of primary amides is 1. The first-order valence-electron chi connectivity index (χ1n) is 5.83. The van der Waals surface area contributed by atoms with Gasteiger partial charge in [-0.2, -0.15) is 0 Å². The highest BCUT2D eigenvalue weighted by molar-refractivity contribution is 5.90. The maximum Gasteiger partial charge on any atom is 0.267 e. The van der Waals surface area contributed by atoms with Crippen molar-refractivity contribution in [2.45, 2.75) is 6.42 Å². The van der Waals surface area contributed by atoms with Gasteiger partial charge in [0, 0.05) is 12.7 Å². The summed E-state index contributed by atoms with van der Waals surface area (Å²) in [6.07, 6.45) is 0.607. The molecule has 1 aromatic heterocycles. The monoisotopic (exact) mass is 258 g/mol. The highest BCUT2D eigenvalue weighted by Gasteiger charge is 2.04. The minimum atomic E-state index is -0.594. The van der Waals surface area contributed by atoms with Crippen LogP contribution >= 0.6 is 0 Å². The predicted molar refractivity (Wildman–Crippen MR) is 70.1 cm³/mol. The maximum atomic E-state index is 11.0. The lowest BCUT2D eigenvalue weighted by atomic mass is 10.1. The molecule has 98 valence electrons. The van der Waals surface area contributed by atoms with Gasteiger partial charge in [0.15, 0.2) is 0 Å². The van der Waals surface area contributed by atoms with Crippen molar-refractivity contribution in [1.82, 2.24) is 4.98 Å². The molecule has 3 N–H and O–H groups in total. The molecule has 5 nitrogen and oxygen atoms in total. The Balaban J connectivity index is 2.12. The number of aromatic nitrogens is 1. The first-order chi connectivity index (χ1) is 9.19. The second kappa shape index (κ2) is 5.97. The highest BCUT2D eigenvalue weighted by atomic mass is 16.5. The van der Waals surface area contributed by atoms with Crippen molar-refractivity contribution >= 4 is 5.91 Å². The van der Waals surface area contributed by atoms with E-state index in [1.807, 2.05) is 12.1 Å². The SMILES string of the molecule is NC(=O)c1cccc(Oc2ccc(CCO)cc2)n1. The lowest BCUT2D eigenvalue weighted by Crippen LogP contribution is -2.12. The van der Waals surface area contributed by atoms with Gasteiger partial charge in [-0.1, -0.05) is 18.2 Å². The molecule has 0 saturated carbocycles. The fraction of sp³-hybridized carbons (Fsp3) is 0.143. The van der Waals surface area contributed by atoms with Crippen LogP contribution in [-0.4, -0.2) is 22.6 Å². The maximum absolute atomic E-state index is 11.0. The van der Waals surface area contributed by atoms with E-state index >= 15 is 0 Å². The molecule has 19 heavy (non-hydrogen) atoms. The van der Waals surface area contributed by atoms with E-state index in [1.54, 1.807) is 24.3 Å². The lowest BCUT2D eigenvalue weighted by molar-refractivity contribution is 0.0995. The van der Waals surface area contributed by atoms with E-state index in [0.29, 0.717) is 18.1 Å². The standard InChI is InChI=1S/C14H14N2O3/c15-14(18)12-2-1-3-13(16-12)19-11-6-4-10(5-7-11)8-9-17/h1-7,17H,8-9H2,(H2,15,18). The molecule has 0 unspecified atom stereocenters. The van der Waals surface area contributed by atoms with Gasteiger partial charge in [-0.25, -0.2) is 4.98 Å². The number of amides is 1. The smallest absolute Gasteiger partial charge is 0.267 e. The zero-order valence-corrected chi connectivity index (χ0v) is 10.2. The minimum Gasteiger partial charge on any atom is -0.439 e. The summed E-state index contributed by atoms with van der Waals surface area (Å²) in [7, 11) is 0. The summed E-state index contributed by atoms with van der Waals surface area (Å²) in [4.78, 5) is 15.0. The van der Waals surface area contributed by atoms with Crippen LogP contribution in [0.3, 0.4) is 0 Å². The molecule has 5 heteroatoms. The van der Waals surface area contributed by atoms with E-state index in [4.69, 9.17) is 15.6 Å². The molecule has 0 saturated heterocycles. The fourth-order valence-corrected chi connectivity index (χ4v) is 1.58. The molecule has 0 spiro atoms. The third-order valence-electron chi connectivity index (χ3n) is 2.52. The molecule has 1 aromatic carbocycles. The van der Waals surface area contributed by atoms with Crippen molar-refractivity contribution in [3.05, 3.63) is 53.7 Å². The lowest BCUT2D eigenvalue weighted by Gasteiger charge is -2.06. The molecule has 0 aliphatic rings. The highest BCUT2D eigenvalue weighted by Crippen LogP contribution is 2.20. The second-order valence-electron chi connectivity index (χ2n) is 3.94. The number of hydrogen-bond donors (Lipinski definition) is 2. The van der Waals surface area contributed by atoms with Crippen molar-refractivity contribution in [3.63, 3.8) is 0 Å². The number of pyridine rings is 1. The number of hydrogen-bond acceptors (Lipinski definition) is 4. The summed E-state index contributed by atoms with van der Waals surface area (Å²) >= 11 is 0. The number of aliphatic hydroxyl groups excluding tert-OH is 1. The third-order valence-corrected chi connectivity index (χ3v) is 2.52. The first-order valence-corrected chi connectivity index (χ1v) is 5.83. The Kier molecular flexibility index (Phi) is 4.10. The molecule has 0 aliphatic carbocycles. The Bertz CT molecular complexity index is 567. The average Bonchev–Trinajstić information content (AvgIpc) is 2.42. The van der Waals surface area contributed by atoms with Crippen molar-refractivity contribution in [1.29, 1.82) is 0 Å². The van der Waals surface area contributed by atoms with E-state index in [-0.39, 0.29) is 12.3 Å². The number of aliphatic hydroxyl groups is 1. The van der Waals surface area contributed by atoms with E-state index in [1.165, 1.54) is 6.07 Å². The molecule has 0 bridgehead atoms. The number of ether oxygens (including phenoxy) is 1. The molecule has 1 amide bonds. The van der Waals surface area contributed by atoms with E-state index in [0.717, 1.165) is 5.56 Å². The van der Waals surface area contributed by atoms with E-state index in [2.05, 4.69) is 4.98 Å². The van der Waals surface area contributed by atoms with Crippen LogP contribution in [0.2, 0.25) is 0 Å². The molecule has 0 aliphatic heterocycles. The quantitative estimate of drug-likeness (QED) is 0.851. The van der Waals surface area contributed by atoms with Crippen LogP contribution < -0.4 is 10.5 Å². The van der Waals surface area contributed by atoms with Gasteiger partial charge >= 0.3 is 0 Å². The molecule has 2 aromatic rings. The average molecular weight is 258 g/mol. The predicted octanol–water partition coefficient (Wildman–Crippen LogP) is 1.51. The third kappa shape index (κ3) is 3.53. The second-order valence-corrected chi connectivity index (χ2v) is 3.94. The van der Waals surface area contributed by atoms with Gasteiger partial charge < -0.3 is 15.6 Å². The number of rotatable bonds is 5. The number of benzene rings is 1. The Labute approximate surface area is 110 Å².